The van der Waals surface area contributed by atoms with Crippen LogP contribution in [0, 0.1) is 0 Å². The Bertz CT molecular complexity index is 913. The third-order valence-electron chi connectivity index (χ3n) is 4.51. The second-order valence-electron chi connectivity index (χ2n) is 7.29. The van der Waals surface area contributed by atoms with Gasteiger partial charge in [-0.3, -0.25) is 14.4 Å². The van der Waals surface area contributed by atoms with E-state index in [0.29, 0.717) is 23.1 Å². The van der Waals surface area contributed by atoms with Gasteiger partial charge in [0.1, 0.15) is 6.29 Å². The third-order valence-corrected chi connectivity index (χ3v) is 4.51. The number of aromatic amines is 1. The smallest absolute Gasteiger partial charge is 0.330 e. The Balaban J connectivity index is 2.30. The molecule has 27 heavy (non-hydrogen) atoms. The first kappa shape index (κ1) is 18.9. The maximum atomic E-state index is 13.2. The zero-order chi connectivity index (χ0) is 19.8. The standard InChI is InChI=1S/C21H23NO5/c1-12(2)26-19(24)21(20(25)27-13(3)4)10-14(11-23)9-16-15-7-5-6-8-17(15)22-18(16)21/h5-9,11-13,22H,10H2,1-4H3. The van der Waals surface area contributed by atoms with Crippen LogP contribution in [0.1, 0.15) is 45.4 Å². The first-order valence-electron chi connectivity index (χ1n) is 8.98. The van der Waals surface area contributed by atoms with Crippen molar-refractivity contribution in [1.82, 2.24) is 4.98 Å². The summed E-state index contributed by atoms with van der Waals surface area (Å²) in [6, 6.07) is 7.45. The van der Waals surface area contributed by atoms with Crippen LogP contribution in [0.2, 0.25) is 0 Å². The Morgan fingerprint density at radius 1 is 1.07 bits per heavy atom. The first-order valence-corrected chi connectivity index (χ1v) is 8.98. The molecule has 0 radical (unpaired) electrons. The number of para-hydroxylation sites is 1. The summed E-state index contributed by atoms with van der Waals surface area (Å²) in [5.41, 5.74) is 0.415. The maximum Gasteiger partial charge on any atom is 0.330 e. The lowest BCUT2D eigenvalue weighted by Gasteiger charge is -2.33. The minimum atomic E-state index is -1.74. The lowest BCUT2D eigenvalue weighted by Crippen LogP contribution is -2.49. The molecule has 6 nitrogen and oxygen atoms in total. The lowest BCUT2D eigenvalue weighted by atomic mass is 9.73. The number of carbonyl (C=O) groups excluding carboxylic acids is 3. The fourth-order valence-electron chi connectivity index (χ4n) is 3.42. The highest BCUT2D eigenvalue weighted by molar-refractivity contribution is 6.12. The van der Waals surface area contributed by atoms with Gasteiger partial charge in [0.25, 0.3) is 0 Å². The Kier molecular flexibility index (Phi) is 4.91. The van der Waals surface area contributed by atoms with Crippen LogP contribution < -0.4 is 0 Å². The van der Waals surface area contributed by atoms with Crippen molar-refractivity contribution in [1.29, 1.82) is 0 Å². The average molecular weight is 369 g/mol. The van der Waals surface area contributed by atoms with Gasteiger partial charge in [-0.25, -0.2) is 0 Å². The number of rotatable bonds is 5. The number of H-pyrrole nitrogens is 1. The molecule has 0 saturated carbocycles. The van der Waals surface area contributed by atoms with E-state index in [9.17, 15) is 14.4 Å². The van der Waals surface area contributed by atoms with E-state index < -0.39 is 29.6 Å². The molecule has 2 aromatic rings. The Hall–Kier alpha value is -2.89. The van der Waals surface area contributed by atoms with Gasteiger partial charge in [-0.1, -0.05) is 18.2 Å². The number of carbonyl (C=O) groups is 3. The number of aldehydes is 1. The van der Waals surface area contributed by atoms with Crippen molar-refractivity contribution in [2.24, 2.45) is 0 Å². The van der Waals surface area contributed by atoms with E-state index in [-0.39, 0.29) is 6.42 Å². The van der Waals surface area contributed by atoms with Crippen LogP contribution in [-0.4, -0.2) is 35.4 Å². The van der Waals surface area contributed by atoms with Gasteiger partial charge >= 0.3 is 11.9 Å². The number of hydrogen-bond acceptors (Lipinski definition) is 5. The summed E-state index contributed by atoms with van der Waals surface area (Å²) in [5, 5.41) is 0.825. The summed E-state index contributed by atoms with van der Waals surface area (Å²) >= 11 is 0. The number of allylic oxidation sites excluding steroid dienone is 1. The van der Waals surface area contributed by atoms with Gasteiger partial charge in [-0.05, 0) is 45.4 Å². The molecule has 0 atom stereocenters. The topological polar surface area (TPSA) is 85.5 Å². The summed E-state index contributed by atoms with van der Waals surface area (Å²) in [6.45, 7) is 6.85. The fraction of sp³-hybridized carbons (Fsp3) is 0.381. The number of benzene rings is 1. The molecule has 6 heteroatoms. The molecular weight excluding hydrogens is 346 g/mol. The largest absolute Gasteiger partial charge is 0.462 e. The van der Waals surface area contributed by atoms with Crippen molar-refractivity contribution in [2.45, 2.75) is 51.7 Å². The van der Waals surface area contributed by atoms with E-state index in [1.165, 1.54) is 0 Å². The summed E-state index contributed by atoms with van der Waals surface area (Å²) in [5.74, 6) is -1.44. The molecule has 1 N–H and O–H groups in total. The highest BCUT2D eigenvalue weighted by Crippen LogP contribution is 2.43. The SMILES string of the molecule is CC(C)OC(=O)C1(C(=O)OC(C)C)CC(C=O)=Cc2c1[nH]c1ccccc21. The molecule has 142 valence electrons. The number of fused-ring (bicyclic) bond motifs is 3. The van der Waals surface area contributed by atoms with E-state index in [1.807, 2.05) is 24.3 Å². The average Bonchev–Trinajstić information content (AvgIpc) is 2.98. The number of ether oxygens (including phenoxy) is 2. The minimum absolute atomic E-state index is 0.104. The number of nitrogens with one attached hydrogen (secondary N) is 1. The number of aromatic nitrogens is 1. The number of hydrogen-bond donors (Lipinski definition) is 1. The molecule has 0 spiro atoms. The molecule has 0 bridgehead atoms. The molecule has 0 amide bonds. The first-order chi connectivity index (χ1) is 12.8. The Morgan fingerprint density at radius 2 is 1.67 bits per heavy atom. The van der Waals surface area contributed by atoms with Crippen LogP contribution in [0.5, 0.6) is 0 Å². The van der Waals surface area contributed by atoms with Gasteiger partial charge < -0.3 is 14.5 Å². The molecule has 0 saturated heterocycles. The lowest BCUT2D eigenvalue weighted by molar-refractivity contribution is -0.170. The van der Waals surface area contributed by atoms with Crippen molar-refractivity contribution in [2.75, 3.05) is 0 Å². The van der Waals surface area contributed by atoms with Crippen molar-refractivity contribution < 1.29 is 23.9 Å². The van der Waals surface area contributed by atoms with Crippen LogP contribution in [0.25, 0.3) is 17.0 Å². The van der Waals surface area contributed by atoms with Crippen LogP contribution in [0.15, 0.2) is 29.8 Å². The zero-order valence-corrected chi connectivity index (χ0v) is 15.9. The monoisotopic (exact) mass is 369 g/mol. The summed E-state index contributed by atoms with van der Waals surface area (Å²) in [6.07, 6.45) is 1.45. The summed E-state index contributed by atoms with van der Waals surface area (Å²) in [7, 11) is 0. The molecule has 3 rings (SSSR count). The predicted octanol–water partition coefficient (Wildman–Crippen LogP) is 3.29. The molecule has 0 aliphatic heterocycles. The van der Waals surface area contributed by atoms with Gasteiger partial charge in [0.2, 0.25) is 5.41 Å². The molecular formula is C21H23NO5. The quantitative estimate of drug-likeness (QED) is 0.497. The van der Waals surface area contributed by atoms with Crippen molar-refractivity contribution in [3.05, 3.63) is 41.1 Å². The third kappa shape index (κ3) is 3.16. The molecule has 0 fully saturated rings. The minimum Gasteiger partial charge on any atom is -0.462 e. The van der Waals surface area contributed by atoms with Crippen molar-refractivity contribution in [3.63, 3.8) is 0 Å². The van der Waals surface area contributed by atoms with E-state index in [4.69, 9.17) is 9.47 Å². The normalized spacial score (nSPS) is 15.4. The zero-order valence-electron chi connectivity index (χ0n) is 15.9. The Labute approximate surface area is 157 Å². The molecule has 1 heterocycles. The second-order valence-corrected chi connectivity index (χ2v) is 7.29. The molecule has 1 aromatic carbocycles. The molecule has 1 aliphatic rings. The molecule has 1 aliphatic carbocycles. The fourth-order valence-corrected chi connectivity index (χ4v) is 3.42. The van der Waals surface area contributed by atoms with Crippen molar-refractivity contribution >= 4 is 35.2 Å². The van der Waals surface area contributed by atoms with E-state index >= 15 is 0 Å². The van der Waals surface area contributed by atoms with Crippen LogP contribution >= 0.6 is 0 Å². The van der Waals surface area contributed by atoms with E-state index in [1.54, 1.807) is 33.8 Å². The molecule has 1 aromatic heterocycles. The molecule has 0 unspecified atom stereocenters. The predicted molar refractivity (Wildman–Crippen MR) is 101 cm³/mol. The van der Waals surface area contributed by atoms with Gasteiger partial charge in [0, 0.05) is 22.9 Å². The highest BCUT2D eigenvalue weighted by Gasteiger charge is 2.55. The van der Waals surface area contributed by atoms with Crippen molar-refractivity contribution in [3.8, 4) is 0 Å². The number of esters is 2. The van der Waals surface area contributed by atoms with E-state index in [2.05, 4.69) is 4.98 Å². The van der Waals surface area contributed by atoms with E-state index in [0.717, 1.165) is 10.9 Å². The maximum absolute atomic E-state index is 13.2. The van der Waals surface area contributed by atoms with Gasteiger partial charge in [0.05, 0.1) is 17.9 Å². The van der Waals surface area contributed by atoms with Gasteiger partial charge in [-0.15, -0.1) is 0 Å². The summed E-state index contributed by atoms with van der Waals surface area (Å²) in [4.78, 5) is 41.2. The Morgan fingerprint density at radius 3 is 2.22 bits per heavy atom. The highest BCUT2D eigenvalue weighted by atomic mass is 16.6. The second kappa shape index (κ2) is 7.02. The van der Waals surface area contributed by atoms with Gasteiger partial charge in [-0.2, -0.15) is 0 Å². The van der Waals surface area contributed by atoms with Gasteiger partial charge in [0.15, 0.2) is 0 Å². The van der Waals surface area contributed by atoms with Crippen LogP contribution in [-0.2, 0) is 29.3 Å². The van der Waals surface area contributed by atoms with Crippen LogP contribution in [0.3, 0.4) is 0 Å². The summed E-state index contributed by atoms with van der Waals surface area (Å²) < 4.78 is 10.9. The van der Waals surface area contributed by atoms with Crippen LogP contribution in [0.4, 0.5) is 0 Å².